The lowest BCUT2D eigenvalue weighted by Crippen LogP contribution is -2.42. The van der Waals surface area contributed by atoms with Crippen LogP contribution >= 0.6 is 11.3 Å². The Labute approximate surface area is 184 Å². The average Bonchev–Trinajstić information content (AvgIpc) is 3.41. The van der Waals surface area contributed by atoms with Gasteiger partial charge in [-0.25, -0.2) is 4.98 Å². The molecule has 0 saturated heterocycles. The lowest BCUT2D eigenvalue weighted by atomic mass is 10.1. The third-order valence-electron chi connectivity index (χ3n) is 4.28. The van der Waals surface area contributed by atoms with Gasteiger partial charge in [0.05, 0.1) is 13.7 Å². The third kappa shape index (κ3) is 6.56. The van der Waals surface area contributed by atoms with Crippen LogP contribution in [0.4, 0.5) is 5.13 Å². The zero-order chi connectivity index (χ0) is 22.2. The minimum absolute atomic E-state index is 0.119. The van der Waals surface area contributed by atoms with E-state index in [1.807, 2.05) is 29.6 Å². The number of guanidine groups is 1. The molecule has 0 aliphatic carbocycles. The van der Waals surface area contributed by atoms with E-state index in [-0.39, 0.29) is 18.1 Å². The largest absolute Gasteiger partial charge is 0.497 e. The number of aliphatic imine (C=N–C) groups is 1. The van der Waals surface area contributed by atoms with Crippen LogP contribution in [0.15, 0.2) is 51.2 Å². The summed E-state index contributed by atoms with van der Waals surface area (Å²) in [7, 11) is 3.23. The lowest BCUT2D eigenvalue weighted by Gasteiger charge is -2.17. The van der Waals surface area contributed by atoms with E-state index in [4.69, 9.17) is 19.6 Å². The van der Waals surface area contributed by atoms with Crippen LogP contribution in [0.3, 0.4) is 0 Å². The number of rotatable bonds is 9. The second-order valence-corrected chi connectivity index (χ2v) is 7.45. The fourth-order valence-electron chi connectivity index (χ4n) is 2.76. The summed E-state index contributed by atoms with van der Waals surface area (Å²) in [6, 6.07) is 11.3. The summed E-state index contributed by atoms with van der Waals surface area (Å²) in [4.78, 5) is 19.8. The van der Waals surface area contributed by atoms with Gasteiger partial charge >= 0.3 is 0 Å². The van der Waals surface area contributed by atoms with Gasteiger partial charge in [-0.05, 0) is 29.8 Å². The van der Waals surface area contributed by atoms with Crippen molar-refractivity contribution in [3.8, 4) is 17.2 Å². The van der Waals surface area contributed by atoms with Gasteiger partial charge in [-0.15, -0.1) is 11.3 Å². The molecule has 1 unspecified atom stereocenters. The van der Waals surface area contributed by atoms with Crippen molar-refractivity contribution in [2.75, 3.05) is 14.2 Å². The first-order valence-corrected chi connectivity index (χ1v) is 10.4. The molecule has 2 aromatic heterocycles. The molecule has 0 aliphatic heterocycles. The van der Waals surface area contributed by atoms with Gasteiger partial charge in [0.2, 0.25) is 11.0 Å². The lowest BCUT2D eigenvalue weighted by molar-refractivity contribution is -0.119. The summed E-state index contributed by atoms with van der Waals surface area (Å²) in [6.45, 7) is 1.78. The van der Waals surface area contributed by atoms with Crippen LogP contribution in [0.5, 0.6) is 5.75 Å². The van der Waals surface area contributed by atoms with Crippen molar-refractivity contribution in [3.63, 3.8) is 0 Å². The number of nitrogens with zero attached hydrogens (tertiary/aromatic N) is 2. The molecule has 10 heteroatoms. The maximum Gasteiger partial charge on any atom is 0.217 e. The van der Waals surface area contributed by atoms with Crippen LogP contribution in [0, 0.1) is 0 Å². The summed E-state index contributed by atoms with van der Waals surface area (Å²) < 4.78 is 16.4. The van der Waals surface area contributed by atoms with Crippen LogP contribution in [-0.2, 0) is 22.5 Å². The highest BCUT2D eigenvalue weighted by atomic mass is 32.1. The van der Waals surface area contributed by atoms with Gasteiger partial charge in [0.1, 0.15) is 23.4 Å². The van der Waals surface area contributed by atoms with Gasteiger partial charge in [0, 0.05) is 25.8 Å². The molecular formula is C21H25N5O4S. The first-order valence-electron chi connectivity index (χ1n) is 9.52. The van der Waals surface area contributed by atoms with Crippen LogP contribution < -0.4 is 21.1 Å². The normalized spacial score (nSPS) is 12.4. The Morgan fingerprint density at radius 2 is 2.16 bits per heavy atom. The number of amides is 1. The highest BCUT2D eigenvalue weighted by Gasteiger charge is 2.12. The molecule has 0 aliphatic rings. The molecule has 0 spiro atoms. The molecule has 31 heavy (non-hydrogen) atoms. The molecule has 9 nitrogen and oxygen atoms in total. The van der Waals surface area contributed by atoms with Crippen molar-refractivity contribution in [2.24, 2.45) is 10.7 Å². The quantitative estimate of drug-likeness (QED) is 0.264. The minimum Gasteiger partial charge on any atom is -0.497 e. The van der Waals surface area contributed by atoms with Crippen molar-refractivity contribution in [1.29, 1.82) is 0 Å². The molecule has 3 aromatic rings. The highest BCUT2D eigenvalue weighted by molar-refractivity contribution is 7.13. The summed E-state index contributed by atoms with van der Waals surface area (Å²) in [6.07, 6.45) is 0.216. The predicted molar refractivity (Wildman–Crippen MR) is 119 cm³/mol. The Kier molecular flexibility index (Phi) is 7.63. The SMILES string of the molecule is COc1cccc(CC(NC(N)=Nc2nc(-c3ccc(CNC(C)=O)o3)cs2)OC)c1. The van der Waals surface area contributed by atoms with E-state index >= 15 is 0 Å². The number of aromatic nitrogens is 1. The Morgan fingerprint density at radius 3 is 2.90 bits per heavy atom. The fourth-order valence-corrected chi connectivity index (χ4v) is 3.45. The van der Waals surface area contributed by atoms with E-state index in [9.17, 15) is 4.79 Å². The molecule has 4 N–H and O–H groups in total. The van der Waals surface area contributed by atoms with Crippen molar-refractivity contribution < 1.29 is 18.7 Å². The Balaban J connectivity index is 1.62. The number of carbonyl (C=O) groups excluding carboxylic acids is 1. The molecule has 0 fully saturated rings. The Morgan fingerprint density at radius 1 is 1.32 bits per heavy atom. The van der Waals surface area contributed by atoms with Crippen LogP contribution in [0.2, 0.25) is 0 Å². The van der Waals surface area contributed by atoms with Crippen LogP contribution in [0.1, 0.15) is 18.2 Å². The molecule has 164 valence electrons. The molecule has 3 rings (SSSR count). The molecule has 1 atom stereocenters. The summed E-state index contributed by atoms with van der Waals surface area (Å²) in [5.41, 5.74) is 7.73. The Hall–Kier alpha value is -3.37. The summed E-state index contributed by atoms with van der Waals surface area (Å²) in [5.74, 6) is 2.10. The van der Waals surface area contributed by atoms with Gasteiger partial charge in [-0.3, -0.25) is 4.79 Å². The summed E-state index contributed by atoms with van der Waals surface area (Å²) in [5, 5.41) is 8.05. The van der Waals surface area contributed by atoms with E-state index in [1.165, 1.54) is 18.3 Å². The van der Waals surface area contributed by atoms with Crippen molar-refractivity contribution in [2.45, 2.75) is 26.1 Å². The zero-order valence-corrected chi connectivity index (χ0v) is 18.4. The second-order valence-electron chi connectivity index (χ2n) is 6.61. The van der Waals surface area contributed by atoms with Crippen molar-refractivity contribution in [3.05, 3.63) is 53.1 Å². The number of hydrogen-bond acceptors (Lipinski definition) is 7. The maximum absolute atomic E-state index is 11.0. The number of hydrogen-bond donors (Lipinski definition) is 3. The molecule has 0 saturated carbocycles. The molecule has 0 bridgehead atoms. The van der Waals surface area contributed by atoms with E-state index in [0.717, 1.165) is 11.3 Å². The number of methoxy groups -OCH3 is 2. The highest BCUT2D eigenvalue weighted by Crippen LogP contribution is 2.28. The third-order valence-corrected chi connectivity index (χ3v) is 5.02. The van der Waals surface area contributed by atoms with Gasteiger partial charge in [-0.2, -0.15) is 4.99 Å². The standard InChI is InChI=1S/C21H25N5O4S/c1-13(27)23-11-16-7-8-18(30-16)17-12-31-21(24-17)26-20(22)25-19(29-3)10-14-5-4-6-15(9-14)28-2/h4-9,12,19H,10-11H2,1-3H3,(H,23,27)(H3,22,24,25,26). The number of nitrogens with one attached hydrogen (secondary N) is 2. The molecule has 1 amide bonds. The smallest absolute Gasteiger partial charge is 0.217 e. The number of carbonyl (C=O) groups is 1. The van der Waals surface area contributed by atoms with Crippen LogP contribution in [-0.4, -0.2) is 37.3 Å². The number of ether oxygens (including phenoxy) is 2. The average molecular weight is 444 g/mol. The molecular weight excluding hydrogens is 418 g/mol. The van der Waals surface area contributed by atoms with E-state index in [0.29, 0.717) is 35.3 Å². The minimum atomic E-state index is -0.364. The topological polar surface area (TPSA) is 124 Å². The number of furan rings is 1. The van der Waals surface area contributed by atoms with E-state index < -0.39 is 0 Å². The molecule has 1 aromatic carbocycles. The summed E-state index contributed by atoms with van der Waals surface area (Å²) >= 11 is 1.34. The Bertz CT molecular complexity index is 1050. The first kappa shape index (κ1) is 22.3. The van der Waals surface area contributed by atoms with Crippen LogP contribution in [0.25, 0.3) is 11.5 Å². The van der Waals surface area contributed by atoms with Gasteiger partial charge in [-0.1, -0.05) is 12.1 Å². The van der Waals surface area contributed by atoms with Crippen molar-refractivity contribution in [1.82, 2.24) is 15.6 Å². The number of thiazole rings is 1. The van der Waals surface area contributed by atoms with E-state index in [1.54, 1.807) is 26.4 Å². The van der Waals surface area contributed by atoms with Gasteiger partial charge < -0.3 is 30.3 Å². The fraction of sp³-hybridized carbons (Fsp3) is 0.286. The first-order chi connectivity index (χ1) is 15.0. The monoisotopic (exact) mass is 443 g/mol. The second kappa shape index (κ2) is 10.6. The number of nitrogens with two attached hydrogens (primary N) is 1. The predicted octanol–water partition coefficient (Wildman–Crippen LogP) is 2.80. The van der Waals surface area contributed by atoms with Gasteiger partial charge in [0.25, 0.3) is 0 Å². The molecule has 0 radical (unpaired) electrons. The molecule has 2 heterocycles. The van der Waals surface area contributed by atoms with Crippen molar-refractivity contribution >= 4 is 28.3 Å². The zero-order valence-electron chi connectivity index (χ0n) is 17.5. The van der Waals surface area contributed by atoms with Gasteiger partial charge in [0.15, 0.2) is 11.7 Å². The number of benzene rings is 1. The van der Waals surface area contributed by atoms with E-state index in [2.05, 4.69) is 20.6 Å². The maximum atomic E-state index is 11.0.